The van der Waals surface area contributed by atoms with Crippen molar-refractivity contribution in [3.63, 3.8) is 0 Å². The first-order chi connectivity index (χ1) is 7.61. The maximum atomic E-state index is 11.7. The van der Waals surface area contributed by atoms with E-state index < -0.39 is 5.97 Å². The maximum Gasteiger partial charge on any atom is 0.303 e. The normalized spacial score (nSPS) is 9.81. The van der Waals surface area contributed by atoms with Gasteiger partial charge in [-0.3, -0.25) is 9.59 Å². The minimum absolute atomic E-state index is 0.0361. The monoisotopic (exact) mass is 221 g/mol. The van der Waals surface area contributed by atoms with Crippen LogP contribution in [0.2, 0.25) is 0 Å². The third-order valence-electron chi connectivity index (χ3n) is 2.30. The van der Waals surface area contributed by atoms with Gasteiger partial charge in [-0.05, 0) is 18.6 Å². The van der Waals surface area contributed by atoms with Crippen molar-refractivity contribution >= 4 is 17.6 Å². The Morgan fingerprint density at radius 2 is 1.81 bits per heavy atom. The largest absolute Gasteiger partial charge is 0.481 e. The van der Waals surface area contributed by atoms with Gasteiger partial charge in [-0.2, -0.15) is 0 Å². The Balaban J connectivity index is 2.45. The van der Waals surface area contributed by atoms with Gasteiger partial charge in [0.15, 0.2) is 0 Å². The first-order valence-corrected chi connectivity index (χ1v) is 5.14. The highest BCUT2D eigenvalue weighted by molar-refractivity contribution is 5.92. The average Bonchev–Trinajstić information content (AvgIpc) is 2.28. The molecule has 16 heavy (non-hydrogen) atoms. The number of rotatable bonds is 5. The molecular formula is C12H15NO3. The molecule has 1 aromatic carbocycles. The smallest absolute Gasteiger partial charge is 0.303 e. The Bertz CT molecular complexity index is 362. The lowest BCUT2D eigenvalue weighted by Gasteiger charge is -2.16. The van der Waals surface area contributed by atoms with Gasteiger partial charge in [0.05, 0.1) is 0 Å². The van der Waals surface area contributed by atoms with Crippen LogP contribution in [0.3, 0.4) is 0 Å². The fourth-order valence-electron chi connectivity index (χ4n) is 1.35. The van der Waals surface area contributed by atoms with E-state index in [4.69, 9.17) is 5.11 Å². The van der Waals surface area contributed by atoms with E-state index in [9.17, 15) is 9.59 Å². The summed E-state index contributed by atoms with van der Waals surface area (Å²) in [5.74, 6) is -0.928. The highest BCUT2D eigenvalue weighted by atomic mass is 16.4. The van der Waals surface area contributed by atoms with Crippen molar-refractivity contribution in [2.24, 2.45) is 0 Å². The van der Waals surface area contributed by atoms with Crippen LogP contribution in [-0.2, 0) is 9.59 Å². The number of nitrogens with zero attached hydrogens (tertiary/aromatic N) is 1. The van der Waals surface area contributed by atoms with Crippen molar-refractivity contribution in [3.8, 4) is 0 Å². The topological polar surface area (TPSA) is 57.6 Å². The Morgan fingerprint density at radius 1 is 1.19 bits per heavy atom. The van der Waals surface area contributed by atoms with Crippen LogP contribution in [0.1, 0.15) is 19.3 Å². The standard InChI is InChI=1S/C12H15NO3/c1-13(10-6-3-2-4-7-10)11(14)8-5-9-12(15)16/h2-4,6-7H,5,8-9H2,1H3,(H,15,16). The number of anilines is 1. The van der Waals surface area contributed by atoms with Gasteiger partial charge >= 0.3 is 5.97 Å². The number of hydrogen-bond donors (Lipinski definition) is 1. The van der Waals surface area contributed by atoms with Crippen LogP contribution in [0.15, 0.2) is 30.3 Å². The van der Waals surface area contributed by atoms with Crippen LogP contribution in [-0.4, -0.2) is 24.0 Å². The van der Waals surface area contributed by atoms with Gasteiger partial charge < -0.3 is 10.0 Å². The van der Waals surface area contributed by atoms with Crippen molar-refractivity contribution in [1.82, 2.24) is 0 Å². The molecule has 1 N–H and O–H groups in total. The zero-order chi connectivity index (χ0) is 12.0. The Kier molecular flexibility index (Phi) is 4.51. The molecule has 0 aliphatic heterocycles. The molecule has 1 amide bonds. The van der Waals surface area contributed by atoms with Gasteiger partial charge in [-0.15, -0.1) is 0 Å². The fraction of sp³-hybridized carbons (Fsp3) is 0.333. The van der Waals surface area contributed by atoms with E-state index in [1.54, 1.807) is 11.9 Å². The number of para-hydroxylation sites is 1. The summed E-state index contributed by atoms with van der Waals surface area (Å²) >= 11 is 0. The van der Waals surface area contributed by atoms with Crippen molar-refractivity contribution in [2.45, 2.75) is 19.3 Å². The molecule has 4 heteroatoms. The minimum atomic E-state index is -0.866. The number of hydrogen-bond acceptors (Lipinski definition) is 2. The summed E-state index contributed by atoms with van der Waals surface area (Å²) in [4.78, 5) is 23.5. The molecule has 0 spiro atoms. The summed E-state index contributed by atoms with van der Waals surface area (Å²) in [6, 6.07) is 9.28. The van der Waals surface area contributed by atoms with Crippen LogP contribution in [0.25, 0.3) is 0 Å². The number of amides is 1. The van der Waals surface area contributed by atoms with E-state index in [1.807, 2.05) is 30.3 Å². The van der Waals surface area contributed by atoms with Crippen LogP contribution >= 0.6 is 0 Å². The molecule has 0 aromatic heterocycles. The average molecular weight is 221 g/mol. The zero-order valence-corrected chi connectivity index (χ0v) is 9.22. The van der Waals surface area contributed by atoms with Crippen molar-refractivity contribution in [1.29, 1.82) is 0 Å². The lowest BCUT2D eigenvalue weighted by Crippen LogP contribution is -2.25. The molecular weight excluding hydrogens is 206 g/mol. The molecule has 0 unspecified atom stereocenters. The number of carboxylic acid groups (broad SMARTS) is 1. The lowest BCUT2D eigenvalue weighted by molar-refractivity contribution is -0.137. The highest BCUT2D eigenvalue weighted by Gasteiger charge is 2.10. The Hall–Kier alpha value is -1.84. The van der Waals surface area contributed by atoms with E-state index in [2.05, 4.69) is 0 Å². The summed E-state index contributed by atoms with van der Waals surface area (Å²) in [7, 11) is 1.69. The third kappa shape index (κ3) is 3.73. The molecule has 0 bridgehead atoms. The number of benzene rings is 1. The fourth-order valence-corrected chi connectivity index (χ4v) is 1.35. The number of aliphatic carboxylic acids is 1. The van der Waals surface area contributed by atoms with Crippen LogP contribution < -0.4 is 4.90 Å². The molecule has 0 aliphatic rings. The molecule has 4 nitrogen and oxygen atoms in total. The van der Waals surface area contributed by atoms with E-state index in [-0.39, 0.29) is 18.7 Å². The van der Waals surface area contributed by atoms with E-state index in [0.717, 1.165) is 5.69 Å². The van der Waals surface area contributed by atoms with Crippen molar-refractivity contribution in [3.05, 3.63) is 30.3 Å². The first-order valence-electron chi connectivity index (χ1n) is 5.14. The molecule has 0 radical (unpaired) electrons. The second kappa shape index (κ2) is 5.90. The molecule has 0 saturated carbocycles. The highest BCUT2D eigenvalue weighted by Crippen LogP contribution is 2.12. The molecule has 86 valence electrons. The predicted molar refractivity (Wildman–Crippen MR) is 61.3 cm³/mol. The van der Waals surface area contributed by atoms with Gasteiger partial charge in [0.2, 0.25) is 5.91 Å². The van der Waals surface area contributed by atoms with Gasteiger partial charge in [-0.25, -0.2) is 0 Å². The SMILES string of the molecule is CN(C(=O)CCCC(=O)O)c1ccccc1. The molecule has 0 saturated heterocycles. The molecule has 0 aliphatic carbocycles. The van der Waals surface area contributed by atoms with Crippen molar-refractivity contribution < 1.29 is 14.7 Å². The molecule has 0 fully saturated rings. The van der Waals surface area contributed by atoms with Gasteiger partial charge in [0.25, 0.3) is 0 Å². The first kappa shape index (κ1) is 12.2. The minimum Gasteiger partial charge on any atom is -0.481 e. The second-order valence-electron chi connectivity index (χ2n) is 3.54. The lowest BCUT2D eigenvalue weighted by atomic mass is 10.2. The van der Waals surface area contributed by atoms with Gasteiger partial charge in [0, 0.05) is 25.6 Å². The summed E-state index contributed by atoms with van der Waals surface area (Å²) in [5, 5.41) is 8.46. The summed E-state index contributed by atoms with van der Waals surface area (Å²) in [5.41, 5.74) is 0.822. The quantitative estimate of drug-likeness (QED) is 0.826. The van der Waals surface area contributed by atoms with Crippen LogP contribution in [0, 0.1) is 0 Å². The number of carbonyl (C=O) groups is 2. The molecule has 1 rings (SSSR count). The van der Waals surface area contributed by atoms with Crippen LogP contribution in [0.4, 0.5) is 5.69 Å². The molecule has 0 heterocycles. The summed E-state index contributed by atoms with van der Waals surface area (Å²) in [6.07, 6.45) is 0.678. The Morgan fingerprint density at radius 3 is 2.38 bits per heavy atom. The third-order valence-corrected chi connectivity index (χ3v) is 2.30. The predicted octanol–water partition coefficient (Wildman–Crippen LogP) is 1.90. The number of carbonyl (C=O) groups excluding carboxylic acids is 1. The molecule has 0 atom stereocenters. The zero-order valence-electron chi connectivity index (χ0n) is 9.22. The Labute approximate surface area is 94.5 Å². The summed E-state index contributed by atoms with van der Waals surface area (Å²) < 4.78 is 0. The maximum absolute atomic E-state index is 11.7. The van der Waals surface area contributed by atoms with E-state index in [1.165, 1.54) is 0 Å². The molecule has 1 aromatic rings. The van der Waals surface area contributed by atoms with Gasteiger partial charge in [0.1, 0.15) is 0 Å². The van der Waals surface area contributed by atoms with E-state index in [0.29, 0.717) is 6.42 Å². The number of carboxylic acids is 1. The van der Waals surface area contributed by atoms with Crippen LogP contribution in [0.5, 0.6) is 0 Å². The van der Waals surface area contributed by atoms with E-state index >= 15 is 0 Å². The van der Waals surface area contributed by atoms with Crippen molar-refractivity contribution in [2.75, 3.05) is 11.9 Å². The second-order valence-corrected chi connectivity index (χ2v) is 3.54. The summed E-state index contributed by atoms with van der Waals surface area (Å²) in [6.45, 7) is 0. The van der Waals surface area contributed by atoms with Gasteiger partial charge in [-0.1, -0.05) is 18.2 Å².